The van der Waals surface area contributed by atoms with Gasteiger partial charge in [-0.15, -0.1) is 0 Å². The molecule has 0 aliphatic heterocycles. The second kappa shape index (κ2) is 6.44. The zero-order valence-corrected chi connectivity index (χ0v) is 12.1. The van der Waals surface area contributed by atoms with Crippen molar-refractivity contribution >= 4 is 17.3 Å². The van der Waals surface area contributed by atoms with Crippen LogP contribution in [0.1, 0.15) is 31.7 Å². The lowest BCUT2D eigenvalue weighted by molar-refractivity contribution is 0.672. The zero-order valence-electron chi connectivity index (χ0n) is 11.4. The highest BCUT2D eigenvalue weighted by Gasteiger charge is 2.23. The van der Waals surface area contributed by atoms with Crippen LogP contribution < -0.4 is 10.2 Å². The van der Waals surface area contributed by atoms with Gasteiger partial charge in [-0.3, -0.25) is 0 Å². The van der Waals surface area contributed by atoms with Crippen molar-refractivity contribution < 1.29 is 0 Å². The smallest absolute Gasteiger partial charge is 0.0410 e. The van der Waals surface area contributed by atoms with Crippen LogP contribution in [0.2, 0.25) is 5.02 Å². The van der Waals surface area contributed by atoms with Gasteiger partial charge in [-0.25, -0.2) is 0 Å². The zero-order chi connectivity index (χ0) is 13.0. The van der Waals surface area contributed by atoms with Crippen LogP contribution in [0.4, 0.5) is 5.69 Å². The van der Waals surface area contributed by atoms with Gasteiger partial charge < -0.3 is 10.2 Å². The van der Waals surface area contributed by atoms with E-state index in [0.717, 1.165) is 30.5 Å². The summed E-state index contributed by atoms with van der Waals surface area (Å²) in [5.41, 5.74) is 2.62. The minimum absolute atomic E-state index is 0.826. The number of nitrogens with zero attached hydrogens (tertiary/aromatic N) is 1. The lowest BCUT2D eigenvalue weighted by Gasteiger charge is -2.23. The second-order valence-electron chi connectivity index (χ2n) is 5.27. The van der Waals surface area contributed by atoms with Gasteiger partial charge in [0.25, 0.3) is 0 Å². The molecule has 1 aromatic carbocycles. The molecule has 0 atom stereocenters. The maximum absolute atomic E-state index is 6.11. The van der Waals surface area contributed by atoms with Crippen LogP contribution in [0.3, 0.4) is 0 Å². The summed E-state index contributed by atoms with van der Waals surface area (Å²) in [6, 6.07) is 6.22. The molecule has 0 radical (unpaired) electrons. The first-order valence-electron chi connectivity index (χ1n) is 6.91. The lowest BCUT2D eigenvalue weighted by Crippen LogP contribution is -2.23. The first-order chi connectivity index (χ1) is 8.70. The summed E-state index contributed by atoms with van der Waals surface area (Å²) in [5, 5.41) is 4.28. The molecule has 1 aliphatic rings. The predicted molar refractivity (Wildman–Crippen MR) is 79.4 cm³/mol. The fraction of sp³-hybridized carbons (Fsp3) is 0.600. The van der Waals surface area contributed by atoms with Gasteiger partial charge in [0, 0.05) is 30.8 Å². The third-order valence-corrected chi connectivity index (χ3v) is 3.66. The van der Waals surface area contributed by atoms with Crippen LogP contribution in [0.25, 0.3) is 0 Å². The standard InChI is InChI=1S/C15H23ClN2/c1-3-8-17-10-13-9-14(16)6-7-15(13)18(2)11-12-4-5-12/h6-7,9,12,17H,3-5,8,10-11H2,1-2H3. The summed E-state index contributed by atoms with van der Waals surface area (Å²) in [4.78, 5) is 2.37. The highest BCUT2D eigenvalue weighted by Crippen LogP contribution is 2.32. The average Bonchev–Trinajstić information content (AvgIpc) is 3.13. The van der Waals surface area contributed by atoms with Gasteiger partial charge in [0.05, 0.1) is 0 Å². The molecule has 2 nitrogen and oxygen atoms in total. The van der Waals surface area contributed by atoms with Gasteiger partial charge in [-0.2, -0.15) is 0 Å². The van der Waals surface area contributed by atoms with Gasteiger partial charge in [0.1, 0.15) is 0 Å². The average molecular weight is 267 g/mol. The fourth-order valence-electron chi connectivity index (χ4n) is 2.25. The largest absolute Gasteiger partial charge is 0.374 e. The number of anilines is 1. The monoisotopic (exact) mass is 266 g/mol. The second-order valence-corrected chi connectivity index (χ2v) is 5.71. The molecular formula is C15H23ClN2. The molecule has 1 aromatic rings. The summed E-state index contributed by atoms with van der Waals surface area (Å²) in [6.07, 6.45) is 3.94. The van der Waals surface area contributed by atoms with E-state index < -0.39 is 0 Å². The van der Waals surface area contributed by atoms with Crippen molar-refractivity contribution in [2.75, 3.05) is 25.0 Å². The van der Waals surface area contributed by atoms with E-state index >= 15 is 0 Å². The molecule has 0 unspecified atom stereocenters. The molecule has 1 aliphatic carbocycles. The van der Waals surface area contributed by atoms with Gasteiger partial charge in [-0.1, -0.05) is 18.5 Å². The number of nitrogens with one attached hydrogen (secondary N) is 1. The first kappa shape index (κ1) is 13.7. The maximum Gasteiger partial charge on any atom is 0.0410 e. The molecule has 2 rings (SSSR count). The number of halogens is 1. The van der Waals surface area contributed by atoms with Crippen molar-refractivity contribution in [1.29, 1.82) is 0 Å². The van der Waals surface area contributed by atoms with Gasteiger partial charge in [-0.05, 0) is 55.5 Å². The maximum atomic E-state index is 6.11. The molecule has 1 saturated carbocycles. The molecule has 0 saturated heterocycles. The first-order valence-corrected chi connectivity index (χ1v) is 7.28. The Labute approximate surface area is 115 Å². The Morgan fingerprint density at radius 2 is 2.17 bits per heavy atom. The molecule has 0 amide bonds. The number of hydrogen-bond acceptors (Lipinski definition) is 2. The molecular weight excluding hydrogens is 244 g/mol. The molecule has 0 heterocycles. The Kier molecular flexibility index (Phi) is 4.90. The van der Waals surface area contributed by atoms with Crippen LogP contribution >= 0.6 is 11.6 Å². The van der Waals surface area contributed by atoms with Gasteiger partial charge >= 0.3 is 0 Å². The van der Waals surface area contributed by atoms with Crippen molar-refractivity contribution in [2.24, 2.45) is 5.92 Å². The number of hydrogen-bond donors (Lipinski definition) is 1. The molecule has 3 heteroatoms. The topological polar surface area (TPSA) is 15.3 Å². The third-order valence-electron chi connectivity index (χ3n) is 3.42. The van der Waals surface area contributed by atoms with E-state index in [1.807, 2.05) is 6.07 Å². The number of benzene rings is 1. The van der Waals surface area contributed by atoms with Crippen molar-refractivity contribution in [3.8, 4) is 0 Å². The van der Waals surface area contributed by atoms with Crippen LogP contribution in [0.5, 0.6) is 0 Å². The minimum atomic E-state index is 0.826. The summed E-state index contributed by atoms with van der Waals surface area (Å²) < 4.78 is 0. The van der Waals surface area contributed by atoms with Crippen LogP contribution in [0.15, 0.2) is 18.2 Å². The predicted octanol–water partition coefficient (Wildman–Crippen LogP) is 3.69. The molecule has 1 fully saturated rings. The van der Waals surface area contributed by atoms with Crippen LogP contribution in [-0.4, -0.2) is 20.1 Å². The third kappa shape index (κ3) is 3.89. The Balaban J connectivity index is 2.05. The van der Waals surface area contributed by atoms with E-state index in [0.29, 0.717) is 0 Å². The summed E-state index contributed by atoms with van der Waals surface area (Å²) in [6.45, 7) is 5.31. The van der Waals surface area contributed by atoms with Crippen molar-refractivity contribution in [2.45, 2.75) is 32.7 Å². The molecule has 18 heavy (non-hydrogen) atoms. The molecule has 100 valence electrons. The minimum Gasteiger partial charge on any atom is -0.374 e. The van der Waals surface area contributed by atoms with E-state index in [9.17, 15) is 0 Å². The molecule has 0 spiro atoms. The summed E-state index contributed by atoms with van der Waals surface area (Å²) in [5.74, 6) is 0.905. The SMILES string of the molecule is CCCNCc1cc(Cl)ccc1N(C)CC1CC1. The Hall–Kier alpha value is -0.730. The van der Waals surface area contributed by atoms with E-state index in [4.69, 9.17) is 11.6 Å². The van der Waals surface area contributed by atoms with E-state index in [-0.39, 0.29) is 0 Å². The van der Waals surface area contributed by atoms with E-state index in [1.165, 1.54) is 30.6 Å². The Morgan fingerprint density at radius 3 is 2.83 bits per heavy atom. The van der Waals surface area contributed by atoms with Crippen molar-refractivity contribution in [1.82, 2.24) is 5.32 Å². The molecule has 0 bridgehead atoms. The lowest BCUT2D eigenvalue weighted by atomic mass is 10.1. The quantitative estimate of drug-likeness (QED) is 0.758. The normalized spacial score (nSPS) is 14.8. The highest BCUT2D eigenvalue weighted by molar-refractivity contribution is 6.30. The van der Waals surface area contributed by atoms with E-state index in [2.05, 4.69) is 36.3 Å². The summed E-state index contributed by atoms with van der Waals surface area (Å²) in [7, 11) is 2.19. The highest BCUT2D eigenvalue weighted by atomic mass is 35.5. The molecule has 1 N–H and O–H groups in total. The fourth-order valence-corrected chi connectivity index (χ4v) is 2.45. The van der Waals surface area contributed by atoms with Crippen molar-refractivity contribution in [3.05, 3.63) is 28.8 Å². The van der Waals surface area contributed by atoms with E-state index in [1.54, 1.807) is 0 Å². The Morgan fingerprint density at radius 1 is 1.39 bits per heavy atom. The Bertz CT molecular complexity index is 388. The molecule has 0 aromatic heterocycles. The van der Waals surface area contributed by atoms with Crippen LogP contribution in [-0.2, 0) is 6.54 Å². The van der Waals surface area contributed by atoms with Crippen molar-refractivity contribution in [3.63, 3.8) is 0 Å². The van der Waals surface area contributed by atoms with Gasteiger partial charge in [0.2, 0.25) is 0 Å². The number of rotatable bonds is 7. The summed E-state index contributed by atoms with van der Waals surface area (Å²) >= 11 is 6.11. The van der Waals surface area contributed by atoms with Gasteiger partial charge in [0.15, 0.2) is 0 Å². The van der Waals surface area contributed by atoms with Crippen LogP contribution in [0, 0.1) is 5.92 Å².